The fraction of sp³-hybridized carbons (Fsp3) is 0.625. The van der Waals surface area contributed by atoms with E-state index in [0.29, 0.717) is 0 Å². The number of imidazole rings is 1. The minimum atomic E-state index is -0.166. The Hall–Kier alpha value is -0.610. The number of hydrogen-bond acceptors (Lipinski definition) is 2. The van der Waals surface area contributed by atoms with Crippen LogP contribution in [0.3, 0.4) is 0 Å². The van der Waals surface area contributed by atoms with E-state index in [2.05, 4.69) is 4.98 Å². The molecule has 0 unspecified atom stereocenters. The predicted molar refractivity (Wildman–Crippen MR) is 50.7 cm³/mol. The highest BCUT2D eigenvalue weighted by Gasteiger charge is 2.16. The maximum absolute atomic E-state index is 5.28. The van der Waals surface area contributed by atoms with E-state index in [4.69, 9.17) is 17.0 Å². The summed E-state index contributed by atoms with van der Waals surface area (Å²) in [6, 6.07) is 0. The van der Waals surface area contributed by atoms with E-state index in [1.165, 1.54) is 0 Å². The number of nitrogens with zero attached hydrogens (tertiary/aromatic N) is 1. The maximum Gasteiger partial charge on any atom is 0.177 e. The van der Waals surface area contributed by atoms with Crippen molar-refractivity contribution in [2.45, 2.75) is 26.0 Å². The van der Waals surface area contributed by atoms with Gasteiger partial charge >= 0.3 is 0 Å². The number of H-pyrrole nitrogens is 1. The SMILES string of the molecule is COC(C)(C)Cn1cc[nH]c1=S. The third-order valence-corrected chi connectivity index (χ3v) is 2.18. The van der Waals surface area contributed by atoms with E-state index in [1.807, 2.05) is 30.8 Å². The number of aromatic nitrogens is 2. The number of methoxy groups -OCH3 is 1. The molecule has 0 saturated heterocycles. The molecule has 12 heavy (non-hydrogen) atoms. The van der Waals surface area contributed by atoms with Crippen molar-refractivity contribution in [1.82, 2.24) is 9.55 Å². The normalized spacial score (nSPS) is 11.9. The Morgan fingerprint density at radius 1 is 1.67 bits per heavy atom. The van der Waals surface area contributed by atoms with Gasteiger partial charge in [0.2, 0.25) is 0 Å². The summed E-state index contributed by atoms with van der Waals surface area (Å²) in [5.74, 6) is 0. The lowest BCUT2D eigenvalue weighted by Gasteiger charge is -2.22. The minimum absolute atomic E-state index is 0.166. The van der Waals surface area contributed by atoms with Gasteiger partial charge in [0.25, 0.3) is 0 Å². The summed E-state index contributed by atoms with van der Waals surface area (Å²) < 4.78 is 7.98. The highest BCUT2D eigenvalue weighted by atomic mass is 32.1. The molecule has 1 aromatic heterocycles. The van der Waals surface area contributed by atoms with E-state index < -0.39 is 0 Å². The Morgan fingerprint density at radius 2 is 2.33 bits per heavy atom. The molecule has 0 atom stereocenters. The van der Waals surface area contributed by atoms with Gasteiger partial charge in [0.1, 0.15) is 0 Å². The molecule has 0 amide bonds. The Balaban J connectivity index is 2.77. The first kappa shape index (κ1) is 9.48. The lowest BCUT2D eigenvalue weighted by Crippen LogP contribution is -2.28. The molecule has 0 saturated carbocycles. The molecule has 1 rings (SSSR count). The van der Waals surface area contributed by atoms with E-state index in [0.717, 1.165) is 11.3 Å². The van der Waals surface area contributed by atoms with Gasteiger partial charge in [0.05, 0.1) is 12.1 Å². The largest absolute Gasteiger partial charge is 0.377 e. The smallest absolute Gasteiger partial charge is 0.177 e. The molecule has 0 spiro atoms. The highest BCUT2D eigenvalue weighted by molar-refractivity contribution is 7.71. The number of nitrogens with one attached hydrogen (secondary N) is 1. The van der Waals surface area contributed by atoms with Crippen LogP contribution in [0.25, 0.3) is 0 Å². The molecule has 0 aliphatic carbocycles. The van der Waals surface area contributed by atoms with Gasteiger partial charge < -0.3 is 14.3 Å². The van der Waals surface area contributed by atoms with Crippen molar-refractivity contribution in [3.63, 3.8) is 0 Å². The molecular weight excluding hydrogens is 172 g/mol. The van der Waals surface area contributed by atoms with Gasteiger partial charge in [-0.15, -0.1) is 0 Å². The zero-order chi connectivity index (χ0) is 9.19. The Morgan fingerprint density at radius 3 is 2.75 bits per heavy atom. The molecule has 0 fully saturated rings. The number of ether oxygens (including phenoxy) is 1. The van der Waals surface area contributed by atoms with Crippen LogP contribution in [0.4, 0.5) is 0 Å². The summed E-state index contributed by atoms with van der Waals surface area (Å²) >= 11 is 5.05. The molecule has 3 nitrogen and oxygen atoms in total. The summed E-state index contributed by atoms with van der Waals surface area (Å²) in [7, 11) is 1.70. The molecule has 0 bridgehead atoms. The Labute approximate surface area is 77.4 Å². The minimum Gasteiger partial charge on any atom is -0.377 e. The average molecular weight is 186 g/mol. The molecule has 1 heterocycles. The zero-order valence-electron chi connectivity index (χ0n) is 7.63. The predicted octanol–water partition coefficient (Wildman–Crippen LogP) is 1.97. The standard InChI is InChI=1S/C8H14N2OS/c1-8(2,11-3)6-10-5-4-9-7(10)12/h4-5H,6H2,1-3H3,(H,9,12). The van der Waals surface area contributed by atoms with Crippen molar-refractivity contribution >= 4 is 12.2 Å². The van der Waals surface area contributed by atoms with Crippen molar-refractivity contribution in [3.05, 3.63) is 17.2 Å². The lowest BCUT2D eigenvalue weighted by atomic mass is 10.1. The van der Waals surface area contributed by atoms with Gasteiger partial charge in [0.15, 0.2) is 4.77 Å². The third-order valence-electron chi connectivity index (χ3n) is 1.83. The first-order valence-corrected chi connectivity index (χ1v) is 4.25. The molecule has 0 aliphatic rings. The van der Waals surface area contributed by atoms with Gasteiger partial charge in [-0.2, -0.15) is 0 Å². The molecule has 1 aromatic rings. The van der Waals surface area contributed by atoms with E-state index in [-0.39, 0.29) is 5.60 Å². The molecule has 0 aromatic carbocycles. The summed E-state index contributed by atoms with van der Waals surface area (Å²) in [4.78, 5) is 2.94. The van der Waals surface area contributed by atoms with Crippen molar-refractivity contribution < 1.29 is 4.74 Å². The maximum atomic E-state index is 5.28. The van der Waals surface area contributed by atoms with E-state index in [1.54, 1.807) is 7.11 Å². The van der Waals surface area contributed by atoms with Crippen LogP contribution in [-0.4, -0.2) is 22.3 Å². The van der Waals surface area contributed by atoms with Gasteiger partial charge in [-0.25, -0.2) is 0 Å². The summed E-state index contributed by atoms with van der Waals surface area (Å²) in [5.41, 5.74) is -0.166. The lowest BCUT2D eigenvalue weighted by molar-refractivity contribution is 0.00785. The summed E-state index contributed by atoms with van der Waals surface area (Å²) in [6.07, 6.45) is 3.75. The van der Waals surface area contributed by atoms with Gasteiger partial charge in [-0.05, 0) is 26.1 Å². The second-order valence-corrected chi connectivity index (χ2v) is 3.74. The second kappa shape index (κ2) is 3.41. The topological polar surface area (TPSA) is 29.9 Å². The van der Waals surface area contributed by atoms with Gasteiger partial charge in [-0.3, -0.25) is 0 Å². The third kappa shape index (κ3) is 2.19. The van der Waals surface area contributed by atoms with Gasteiger partial charge in [0, 0.05) is 19.5 Å². The van der Waals surface area contributed by atoms with Crippen LogP contribution in [0, 0.1) is 4.77 Å². The number of aromatic amines is 1. The monoisotopic (exact) mass is 186 g/mol. The molecule has 0 aliphatic heterocycles. The average Bonchev–Trinajstić information content (AvgIpc) is 2.36. The van der Waals surface area contributed by atoms with E-state index >= 15 is 0 Å². The molecule has 0 radical (unpaired) electrons. The molecular formula is C8H14N2OS. The van der Waals surface area contributed by atoms with Crippen LogP contribution < -0.4 is 0 Å². The molecule has 1 N–H and O–H groups in total. The van der Waals surface area contributed by atoms with Crippen LogP contribution in [0.2, 0.25) is 0 Å². The first-order chi connectivity index (χ1) is 5.55. The number of hydrogen-bond donors (Lipinski definition) is 1. The Kier molecular flexibility index (Phi) is 2.69. The first-order valence-electron chi connectivity index (χ1n) is 3.84. The van der Waals surface area contributed by atoms with Crippen LogP contribution in [0.15, 0.2) is 12.4 Å². The Bertz CT molecular complexity index is 300. The second-order valence-electron chi connectivity index (χ2n) is 3.36. The van der Waals surface area contributed by atoms with Gasteiger partial charge in [-0.1, -0.05) is 0 Å². The van der Waals surface area contributed by atoms with Crippen LogP contribution in [0.5, 0.6) is 0 Å². The fourth-order valence-electron chi connectivity index (χ4n) is 0.948. The fourth-order valence-corrected chi connectivity index (χ4v) is 1.14. The van der Waals surface area contributed by atoms with Crippen molar-refractivity contribution in [1.29, 1.82) is 0 Å². The van der Waals surface area contributed by atoms with Crippen molar-refractivity contribution in [2.75, 3.05) is 7.11 Å². The van der Waals surface area contributed by atoms with E-state index in [9.17, 15) is 0 Å². The van der Waals surface area contributed by atoms with Crippen LogP contribution in [-0.2, 0) is 11.3 Å². The van der Waals surface area contributed by atoms with Crippen LogP contribution in [0.1, 0.15) is 13.8 Å². The zero-order valence-corrected chi connectivity index (χ0v) is 8.44. The van der Waals surface area contributed by atoms with Crippen LogP contribution >= 0.6 is 12.2 Å². The highest BCUT2D eigenvalue weighted by Crippen LogP contribution is 2.10. The summed E-state index contributed by atoms with van der Waals surface area (Å²) in [6.45, 7) is 4.83. The number of rotatable bonds is 3. The van der Waals surface area contributed by atoms with Crippen molar-refractivity contribution in [3.8, 4) is 0 Å². The summed E-state index contributed by atoms with van der Waals surface area (Å²) in [5, 5.41) is 0. The molecule has 4 heteroatoms. The molecule has 68 valence electrons. The van der Waals surface area contributed by atoms with Crippen molar-refractivity contribution in [2.24, 2.45) is 0 Å². The quantitative estimate of drug-likeness (QED) is 0.731.